The molecule has 0 aliphatic rings. The predicted octanol–water partition coefficient (Wildman–Crippen LogP) is 3.47. The van der Waals surface area contributed by atoms with Crippen LogP contribution in [0.1, 0.15) is 16.7 Å². The van der Waals surface area contributed by atoms with Gasteiger partial charge in [0.05, 0.1) is 12.8 Å². The van der Waals surface area contributed by atoms with Gasteiger partial charge in [-0.15, -0.1) is 0 Å². The lowest BCUT2D eigenvalue weighted by molar-refractivity contribution is -0.116. The Kier molecular flexibility index (Phi) is 6.37. The first-order valence-corrected chi connectivity index (χ1v) is 10.4. The summed E-state index contributed by atoms with van der Waals surface area (Å²) >= 11 is 3.34. The molecule has 1 N–H and O–H groups in total. The average Bonchev–Trinajstić information content (AvgIpc) is 2.46. The number of sulfonamides is 1. The van der Waals surface area contributed by atoms with E-state index in [9.17, 15) is 13.2 Å². The van der Waals surface area contributed by atoms with Gasteiger partial charge in [-0.3, -0.25) is 4.79 Å². The summed E-state index contributed by atoms with van der Waals surface area (Å²) < 4.78 is 26.1. The topological polar surface area (TPSA) is 66.5 Å². The number of hydrogen-bond acceptors (Lipinski definition) is 3. The zero-order chi connectivity index (χ0) is 18.6. The van der Waals surface area contributed by atoms with E-state index in [2.05, 4.69) is 21.2 Å². The van der Waals surface area contributed by atoms with Gasteiger partial charge >= 0.3 is 0 Å². The SMILES string of the molecule is Cc1cc(C)cc(NC(=O)CN(Cc2ccc(Br)cc2)S(C)(=O)=O)c1. The second-order valence-electron chi connectivity index (χ2n) is 6.08. The van der Waals surface area contributed by atoms with Gasteiger partial charge in [-0.2, -0.15) is 4.31 Å². The molecule has 0 bridgehead atoms. The van der Waals surface area contributed by atoms with Crippen LogP contribution >= 0.6 is 15.9 Å². The maximum absolute atomic E-state index is 12.3. The highest BCUT2D eigenvalue weighted by atomic mass is 79.9. The van der Waals surface area contributed by atoms with Crippen LogP contribution in [-0.2, 0) is 21.4 Å². The van der Waals surface area contributed by atoms with Crippen LogP contribution in [0, 0.1) is 13.8 Å². The summed E-state index contributed by atoms with van der Waals surface area (Å²) in [4.78, 5) is 12.3. The fourth-order valence-corrected chi connectivity index (χ4v) is 3.49. The lowest BCUT2D eigenvalue weighted by atomic mass is 10.1. The van der Waals surface area contributed by atoms with Gasteiger partial charge in [0, 0.05) is 16.7 Å². The number of anilines is 1. The van der Waals surface area contributed by atoms with Crippen molar-refractivity contribution in [1.29, 1.82) is 0 Å². The van der Waals surface area contributed by atoms with Crippen LogP contribution in [0.15, 0.2) is 46.9 Å². The van der Waals surface area contributed by atoms with E-state index in [1.807, 2.05) is 56.3 Å². The van der Waals surface area contributed by atoms with Crippen molar-refractivity contribution in [2.45, 2.75) is 20.4 Å². The van der Waals surface area contributed by atoms with Crippen LogP contribution in [0.5, 0.6) is 0 Å². The van der Waals surface area contributed by atoms with Gasteiger partial charge in [0.25, 0.3) is 0 Å². The van der Waals surface area contributed by atoms with E-state index >= 15 is 0 Å². The monoisotopic (exact) mass is 424 g/mol. The maximum atomic E-state index is 12.3. The normalized spacial score (nSPS) is 11.6. The van der Waals surface area contributed by atoms with E-state index in [1.165, 1.54) is 0 Å². The van der Waals surface area contributed by atoms with Crippen LogP contribution in [-0.4, -0.2) is 31.4 Å². The molecule has 0 atom stereocenters. The van der Waals surface area contributed by atoms with Crippen molar-refractivity contribution < 1.29 is 13.2 Å². The number of carbonyl (C=O) groups is 1. The zero-order valence-corrected chi connectivity index (χ0v) is 16.8. The Morgan fingerprint density at radius 1 is 1.08 bits per heavy atom. The maximum Gasteiger partial charge on any atom is 0.239 e. The summed E-state index contributed by atoms with van der Waals surface area (Å²) in [5.41, 5.74) is 3.54. The van der Waals surface area contributed by atoms with E-state index in [0.717, 1.165) is 31.7 Å². The van der Waals surface area contributed by atoms with Crippen molar-refractivity contribution in [1.82, 2.24) is 4.31 Å². The Hall–Kier alpha value is -1.70. The molecule has 0 aliphatic carbocycles. The van der Waals surface area contributed by atoms with E-state index in [0.29, 0.717) is 5.69 Å². The Labute approximate surface area is 157 Å². The Morgan fingerprint density at radius 2 is 1.64 bits per heavy atom. The Balaban J connectivity index is 2.11. The smallest absolute Gasteiger partial charge is 0.239 e. The number of benzene rings is 2. The second-order valence-corrected chi connectivity index (χ2v) is 8.98. The van der Waals surface area contributed by atoms with Crippen molar-refractivity contribution in [3.05, 3.63) is 63.6 Å². The minimum atomic E-state index is -3.52. The molecule has 0 fully saturated rings. The molecule has 5 nitrogen and oxygen atoms in total. The molecule has 25 heavy (non-hydrogen) atoms. The zero-order valence-electron chi connectivity index (χ0n) is 14.4. The van der Waals surface area contributed by atoms with Crippen LogP contribution < -0.4 is 5.32 Å². The number of nitrogens with one attached hydrogen (secondary N) is 1. The fourth-order valence-electron chi connectivity index (χ4n) is 2.49. The molecule has 0 saturated carbocycles. The minimum Gasteiger partial charge on any atom is -0.325 e. The first kappa shape index (κ1) is 19.6. The molecule has 0 heterocycles. The van der Waals surface area contributed by atoms with Gasteiger partial charge < -0.3 is 5.32 Å². The van der Waals surface area contributed by atoms with Gasteiger partial charge in [-0.25, -0.2) is 8.42 Å². The molecule has 7 heteroatoms. The molecule has 0 aromatic heterocycles. The molecular formula is C18H21BrN2O3S. The standard InChI is InChI=1S/C18H21BrN2O3S/c1-13-8-14(2)10-17(9-13)20-18(22)12-21(25(3,23)24)11-15-4-6-16(19)7-5-15/h4-10H,11-12H2,1-3H3,(H,20,22). The summed E-state index contributed by atoms with van der Waals surface area (Å²) in [6.45, 7) is 3.80. The summed E-state index contributed by atoms with van der Waals surface area (Å²) in [5.74, 6) is -0.368. The summed E-state index contributed by atoms with van der Waals surface area (Å²) in [5, 5.41) is 2.77. The van der Waals surface area contributed by atoms with E-state index in [-0.39, 0.29) is 19.0 Å². The number of rotatable bonds is 6. The highest BCUT2D eigenvalue weighted by Gasteiger charge is 2.20. The molecule has 0 radical (unpaired) electrons. The lowest BCUT2D eigenvalue weighted by Gasteiger charge is -2.20. The number of carbonyl (C=O) groups excluding carboxylic acids is 1. The van der Waals surface area contributed by atoms with Crippen molar-refractivity contribution in [3.63, 3.8) is 0 Å². The molecule has 0 aliphatic heterocycles. The fraction of sp³-hybridized carbons (Fsp3) is 0.278. The number of aryl methyl sites for hydroxylation is 2. The van der Waals surface area contributed by atoms with Gasteiger partial charge in [-0.05, 0) is 54.8 Å². The van der Waals surface area contributed by atoms with Crippen molar-refractivity contribution in [3.8, 4) is 0 Å². The number of halogens is 1. The Bertz CT molecular complexity index is 844. The molecule has 2 aromatic carbocycles. The Morgan fingerprint density at radius 3 is 2.16 bits per heavy atom. The molecule has 134 valence electrons. The summed E-state index contributed by atoms with van der Waals surface area (Å²) in [6, 6.07) is 13.0. The van der Waals surface area contributed by atoms with Gasteiger partial charge in [0.1, 0.15) is 0 Å². The van der Waals surface area contributed by atoms with Crippen LogP contribution in [0.3, 0.4) is 0 Å². The largest absolute Gasteiger partial charge is 0.325 e. The van der Waals surface area contributed by atoms with E-state index in [4.69, 9.17) is 0 Å². The quantitative estimate of drug-likeness (QED) is 0.771. The molecule has 2 rings (SSSR count). The number of hydrogen-bond donors (Lipinski definition) is 1. The number of amides is 1. The van der Waals surface area contributed by atoms with Crippen LogP contribution in [0.2, 0.25) is 0 Å². The molecule has 0 unspecified atom stereocenters. The third kappa shape index (κ3) is 6.26. The van der Waals surface area contributed by atoms with Crippen molar-refractivity contribution in [2.24, 2.45) is 0 Å². The first-order valence-electron chi connectivity index (χ1n) is 7.71. The summed E-state index contributed by atoms with van der Waals surface area (Å²) in [6.07, 6.45) is 1.11. The molecular weight excluding hydrogens is 404 g/mol. The van der Waals surface area contributed by atoms with E-state index in [1.54, 1.807) is 0 Å². The van der Waals surface area contributed by atoms with Gasteiger partial charge in [0.2, 0.25) is 15.9 Å². The highest BCUT2D eigenvalue weighted by Crippen LogP contribution is 2.16. The van der Waals surface area contributed by atoms with Gasteiger partial charge in [-0.1, -0.05) is 34.1 Å². The molecule has 2 aromatic rings. The summed E-state index contributed by atoms with van der Waals surface area (Å²) in [7, 11) is -3.52. The predicted molar refractivity (Wildman–Crippen MR) is 104 cm³/mol. The molecule has 0 spiro atoms. The second kappa shape index (κ2) is 8.12. The minimum absolute atomic E-state index is 0.145. The highest BCUT2D eigenvalue weighted by molar-refractivity contribution is 9.10. The van der Waals surface area contributed by atoms with Crippen LogP contribution in [0.4, 0.5) is 5.69 Å². The van der Waals surface area contributed by atoms with Crippen molar-refractivity contribution in [2.75, 3.05) is 18.1 Å². The third-order valence-electron chi connectivity index (χ3n) is 3.57. The van der Waals surface area contributed by atoms with E-state index < -0.39 is 10.0 Å². The lowest BCUT2D eigenvalue weighted by Crippen LogP contribution is -2.36. The van der Waals surface area contributed by atoms with Crippen molar-refractivity contribution >= 4 is 37.5 Å². The van der Waals surface area contributed by atoms with Gasteiger partial charge in [0.15, 0.2) is 0 Å². The molecule has 1 amide bonds. The third-order valence-corrected chi connectivity index (χ3v) is 5.29. The number of nitrogens with zero attached hydrogens (tertiary/aromatic N) is 1. The van der Waals surface area contributed by atoms with Crippen LogP contribution in [0.25, 0.3) is 0 Å². The molecule has 0 saturated heterocycles. The average molecular weight is 425 g/mol. The first-order chi connectivity index (χ1) is 11.6.